The summed E-state index contributed by atoms with van der Waals surface area (Å²) in [7, 11) is 0. The van der Waals surface area contributed by atoms with Gasteiger partial charge in [-0.25, -0.2) is 4.98 Å². The number of carbonyl (C=O) groups excluding carboxylic acids is 1. The third-order valence-corrected chi connectivity index (χ3v) is 3.71. The Morgan fingerprint density at radius 2 is 1.90 bits per heavy atom. The van der Waals surface area contributed by atoms with E-state index in [1.165, 1.54) is 5.56 Å². The van der Waals surface area contributed by atoms with Crippen LogP contribution in [0.2, 0.25) is 0 Å². The summed E-state index contributed by atoms with van der Waals surface area (Å²) in [6, 6.07) is 15.4. The van der Waals surface area contributed by atoms with Gasteiger partial charge in [0.2, 0.25) is 0 Å². The van der Waals surface area contributed by atoms with Crippen LogP contribution >= 0.6 is 11.8 Å². The van der Waals surface area contributed by atoms with Crippen LogP contribution in [-0.4, -0.2) is 21.3 Å². The lowest BCUT2D eigenvalue weighted by molar-refractivity contribution is -0.112. The van der Waals surface area contributed by atoms with Crippen LogP contribution < -0.4 is 0 Å². The van der Waals surface area contributed by atoms with Crippen molar-refractivity contribution in [1.29, 1.82) is 0 Å². The van der Waals surface area contributed by atoms with Gasteiger partial charge in [-0.15, -0.1) is 0 Å². The Bertz CT molecular complexity index is 531. The number of rotatable bonds is 6. The van der Waals surface area contributed by atoms with Gasteiger partial charge in [0.1, 0.15) is 5.03 Å². The molecule has 1 atom stereocenters. The molecular weight excluding hydrogens is 270 g/mol. The molecule has 0 aliphatic heterocycles. The number of hydrogen-bond acceptors (Lipinski definition) is 4. The van der Waals surface area contributed by atoms with Crippen molar-refractivity contribution in [2.24, 2.45) is 0 Å². The van der Waals surface area contributed by atoms with E-state index in [9.17, 15) is 9.90 Å². The molecule has 1 heterocycles. The van der Waals surface area contributed by atoms with E-state index in [0.717, 1.165) is 18.2 Å². The second kappa shape index (κ2) is 7.82. The summed E-state index contributed by atoms with van der Waals surface area (Å²) in [5.74, 6) is 0. The summed E-state index contributed by atoms with van der Waals surface area (Å²) >= 11 is 1.08. The van der Waals surface area contributed by atoms with E-state index in [2.05, 4.69) is 4.98 Å². The Kier molecular flexibility index (Phi) is 5.77. The maximum Gasteiger partial charge on any atom is 0.197 e. The van der Waals surface area contributed by atoms with Crippen LogP contribution in [0.4, 0.5) is 0 Å². The van der Waals surface area contributed by atoms with E-state index in [4.69, 9.17) is 0 Å². The first-order chi connectivity index (χ1) is 9.74. The predicted molar refractivity (Wildman–Crippen MR) is 80.5 cm³/mol. The largest absolute Gasteiger partial charge is 0.393 e. The van der Waals surface area contributed by atoms with Gasteiger partial charge in [-0.05, 0) is 42.3 Å². The quantitative estimate of drug-likeness (QED) is 0.830. The highest BCUT2D eigenvalue weighted by molar-refractivity contribution is 8.13. The van der Waals surface area contributed by atoms with Crippen molar-refractivity contribution in [3.8, 4) is 0 Å². The molecule has 0 radical (unpaired) electrons. The van der Waals surface area contributed by atoms with Crippen LogP contribution in [0.1, 0.15) is 18.4 Å². The Labute approximate surface area is 123 Å². The van der Waals surface area contributed by atoms with Crippen LogP contribution in [0.15, 0.2) is 59.8 Å². The second-order valence-electron chi connectivity index (χ2n) is 4.52. The summed E-state index contributed by atoms with van der Waals surface area (Å²) in [6.45, 7) is 0. The van der Waals surface area contributed by atoms with Gasteiger partial charge >= 0.3 is 0 Å². The molecule has 2 rings (SSSR count). The van der Waals surface area contributed by atoms with Crippen LogP contribution in [-0.2, 0) is 11.2 Å². The average molecular weight is 287 g/mol. The highest BCUT2D eigenvalue weighted by Gasteiger charge is 2.12. The number of nitrogens with zero attached hydrogens (tertiary/aromatic N) is 1. The standard InChI is InChI=1S/C16H17NO2S/c18-14(10-9-13-6-2-1-3-7-13)12-16(19)20-15-8-4-5-11-17-15/h1-8,11,14,18H,9-10,12H2/t14-/m1/s1. The lowest BCUT2D eigenvalue weighted by atomic mass is 10.1. The van der Waals surface area contributed by atoms with E-state index in [0.29, 0.717) is 11.4 Å². The van der Waals surface area contributed by atoms with Gasteiger partial charge in [-0.2, -0.15) is 0 Å². The third kappa shape index (κ3) is 5.15. The molecule has 1 aromatic heterocycles. The molecule has 0 unspecified atom stereocenters. The number of aryl methyl sites for hydroxylation is 1. The van der Waals surface area contributed by atoms with Crippen LogP contribution in [0, 0.1) is 0 Å². The molecule has 0 saturated carbocycles. The first-order valence-electron chi connectivity index (χ1n) is 6.58. The molecule has 2 aromatic rings. The monoisotopic (exact) mass is 287 g/mol. The van der Waals surface area contributed by atoms with Crippen LogP contribution in [0.5, 0.6) is 0 Å². The fourth-order valence-corrected chi connectivity index (χ4v) is 2.61. The van der Waals surface area contributed by atoms with Gasteiger partial charge in [-0.1, -0.05) is 36.4 Å². The van der Waals surface area contributed by atoms with E-state index in [1.807, 2.05) is 42.5 Å². The summed E-state index contributed by atoms with van der Waals surface area (Å²) in [6.07, 6.45) is 2.59. The van der Waals surface area contributed by atoms with Gasteiger partial charge < -0.3 is 5.11 Å². The highest BCUT2D eigenvalue weighted by atomic mass is 32.2. The number of thioether (sulfide) groups is 1. The molecule has 1 N–H and O–H groups in total. The molecule has 20 heavy (non-hydrogen) atoms. The molecule has 0 spiro atoms. The normalized spacial score (nSPS) is 12.1. The average Bonchev–Trinajstić information content (AvgIpc) is 2.47. The Hall–Kier alpha value is -1.65. The van der Waals surface area contributed by atoms with Gasteiger partial charge in [0, 0.05) is 12.6 Å². The lowest BCUT2D eigenvalue weighted by Gasteiger charge is -2.09. The van der Waals surface area contributed by atoms with E-state index < -0.39 is 6.10 Å². The van der Waals surface area contributed by atoms with E-state index in [1.54, 1.807) is 12.3 Å². The zero-order valence-corrected chi connectivity index (χ0v) is 11.9. The van der Waals surface area contributed by atoms with Gasteiger partial charge in [-0.3, -0.25) is 4.79 Å². The van der Waals surface area contributed by atoms with Crippen molar-refractivity contribution in [2.45, 2.75) is 30.4 Å². The maximum atomic E-state index is 11.8. The third-order valence-electron chi connectivity index (χ3n) is 2.87. The Morgan fingerprint density at radius 3 is 2.60 bits per heavy atom. The first-order valence-corrected chi connectivity index (χ1v) is 7.39. The number of aromatic nitrogens is 1. The van der Waals surface area contributed by atoms with Crippen molar-refractivity contribution >= 4 is 16.9 Å². The van der Waals surface area contributed by atoms with Crippen LogP contribution in [0.25, 0.3) is 0 Å². The van der Waals surface area contributed by atoms with E-state index >= 15 is 0 Å². The summed E-state index contributed by atoms with van der Waals surface area (Å²) in [5, 5.41) is 10.5. The molecule has 0 aliphatic carbocycles. The zero-order valence-electron chi connectivity index (χ0n) is 11.1. The van der Waals surface area contributed by atoms with Gasteiger partial charge in [0.15, 0.2) is 5.12 Å². The molecule has 0 amide bonds. The van der Waals surface area contributed by atoms with Crippen molar-refractivity contribution in [3.05, 3.63) is 60.3 Å². The van der Waals surface area contributed by atoms with Gasteiger partial charge in [0.05, 0.1) is 6.10 Å². The van der Waals surface area contributed by atoms with Crippen molar-refractivity contribution in [1.82, 2.24) is 4.98 Å². The summed E-state index contributed by atoms with van der Waals surface area (Å²) in [4.78, 5) is 15.9. The SMILES string of the molecule is O=C(C[C@H](O)CCc1ccccc1)Sc1ccccn1. The molecule has 0 saturated heterocycles. The molecule has 0 aliphatic rings. The molecular formula is C16H17NO2S. The first kappa shape index (κ1) is 14.8. The number of hydrogen-bond donors (Lipinski definition) is 1. The number of aliphatic hydroxyl groups is 1. The fourth-order valence-electron chi connectivity index (χ4n) is 1.84. The molecule has 0 fully saturated rings. The zero-order chi connectivity index (χ0) is 14.2. The fraction of sp³-hybridized carbons (Fsp3) is 0.250. The van der Waals surface area contributed by atoms with Crippen molar-refractivity contribution in [2.75, 3.05) is 0 Å². The number of aliphatic hydroxyl groups excluding tert-OH is 1. The highest BCUT2D eigenvalue weighted by Crippen LogP contribution is 2.19. The predicted octanol–water partition coefficient (Wildman–Crippen LogP) is 3.08. The number of carbonyl (C=O) groups is 1. The molecule has 1 aromatic carbocycles. The minimum Gasteiger partial charge on any atom is -0.393 e. The van der Waals surface area contributed by atoms with E-state index in [-0.39, 0.29) is 11.5 Å². The van der Waals surface area contributed by atoms with Gasteiger partial charge in [0.25, 0.3) is 0 Å². The van der Waals surface area contributed by atoms with Crippen molar-refractivity contribution in [3.63, 3.8) is 0 Å². The van der Waals surface area contributed by atoms with Crippen LogP contribution in [0.3, 0.4) is 0 Å². The smallest absolute Gasteiger partial charge is 0.197 e. The Morgan fingerprint density at radius 1 is 1.15 bits per heavy atom. The molecule has 4 heteroatoms. The molecule has 0 bridgehead atoms. The Balaban J connectivity index is 1.74. The summed E-state index contributed by atoms with van der Waals surface area (Å²) in [5.41, 5.74) is 1.18. The second-order valence-corrected chi connectivity index (χ2v) is 5.60. The minimum atomic E-state index is -0.598. The van der Waals surface area contributed by atoms with Crippen molar-refractivity contribution < 1.29 is 9.90 Å². The lowest BCUT2D eigenvalue weighted by Crippen LogP contribution is -2.12. The maximum absolute atomic E-state index is 11.8. The number of pyridine rings is 1. The minimum absolute atomic E-state index is 0.0516. The number of benzene rings is 1. The molecule has 104 valence electrons. The summed E-state index contributed by atoms with van der Waals surface area (Å²) < 4.78 is 0. The topological polar surface area (TPSA) is 50.2 Å². The molecule has 3 nitrogen and oxygen atoms in total.